The third-order valence-electron chi connectivity index (χ3n) is 2.22. The molecule has 5 heteroatoms. The number of Topliss-reactive ketones (excluding diaryl/α,β-unsaturated/α-hetero) is 1. The number of carbonyl (C=O) groups excluding carboxylic acids is 1. The van der Waals surface area contributed by atoms with Crippen molar-refractivity contribution in [1.29, 1.82) is 0 Å². The van der Waals surface area contributed by atoms with Crippen LogP contribution in [0.4, 0.5) is 0 Å². The van der Waals surface area contributed by atoms with Crippen molar-refractivity contribution in [1.82, 2.24) is 0 Å². The second kappa shape index (κ2) is 5.61. The van der Waals surface area contributed by atoms with Crippen molar-refractivity contribution in [3.05, 3.63) is 45.0 Å². The van der Waals surface area contributed by atoms with E-state index in [-0.39, 0.29) is 18.7 Å². The van der Waals surface area contributed by atoms with Crippen molar-refractivity contribution in [2.24, 2.45) is 0 Å². The minimum atomic E-state index is -0.408. The van der Waals surface area contributed by atoms with Gasteiger partial charge in [-0.2, -0.15) is 0 Å². The molecule has 0 amide bonds. The lowest BCUT2D eigenvalue weighted by Crippen LogP contribution is -2.15. The summed E-state index contributed by atoms with van der Waals surface area (Å²) in [5.41, 5.74) is 0.736. The number of nitrogens with zero attached hydrogens (tertiary/aromatic N) is 1. The van der Waals surface area contributed by atoms with Crippen molar-refractivity contribution in [2.45, 2.75) is 19.3 Å². The van der Waals surface area contributed by atoms with Gasteiger partial charge in [-0.3, -0.25) is 10.1 Å². The standard InChI is InChI=1S/C11H12ClNO3/c1-8(14)5-10(7-13(15)16)9-3-2-4-11(12)6-9/h2-4,6,10H,5,7H2,1H3/t10-/m0/s1. The first kappa shape index (κ1) is 12.6. The SMILES string of the molecule is CC(=O)C[C@@H](C[N+](=O)[O-])c1cccc(Cl)c1. The molecule has 1 atom stereocenters. The Kier molecular flexibility index (Phi) is 4.43. The zero-order chi connectivity index (χ0) is 12.1. The second-order valence-electron chi connectivity index (χ2n) is 3.67. The molecule has 0 saturated heterocycles. The van der Waals surface area contributed by atoms with Crippen molar-refractivity contribution in [2.75, 3.05) is 6.54 Å². The average Bonchev–Trinajstić information content (AvgIpc) is 2.15. The fourth-order valence-electron chi connectivity index (χ4n) is 1.58. The third kappa shape index (κ3) is 3.98. The van der Waals surface area contributed by atoms with E-state index >= 15 is 0 Å². The van der Waals surface area contributed by atoms with Crippen LogP contribution in [0, 0.1) is 10.1 Å². The smallest absolute Gasteiger partial charge is 0.211 e. The highest BCUT2D eigenvalue weighted by atomic mass is 35.5. The quantitative estimate of drug-likeness (QED) is 0.588. The molecule has 16 heavy (non-hydrogen) atoms. The lowest BCUT2D eigenvalue weighted by Gasteiger charge is -2.11. The van der Waals surface area contributed by atoms with Gasteiger partial charge in [0.15, 0.2) is 0 Å². The molecule has 0 bridgehead atoms. The molecule has 1 aromatic carbocycles. The molecule has 0 aromatic heterocycles. The van der Waals surface area contributed by atoms with E-state index in [0.29, 0.717) is 5.02 Å². The van der Waals surface area contributed by atoms with Gasteiger partial charge >= 0.3 is 0 Å². The summed E-state index contributed by atoms with van der Waals surface area (Å²) in [7, 11) is 0. The van der Waals surface area contributed by atoms with Gasteiger partial charge in [0.25, 0.3) is 0 Å². The van der Waals surface area contributed by atoms with Crippen LogP contribution in [0.3, 0.4) is 0 Å². The Morgan fingerprint density at radius 2 is 2.25 bits per heavy atom. The molecule has 86 valence electrons. The normalized spacial score (nSPS) is 12.1. The molecular weight excluding hydrogens is 230 g/mol. The maximum atomic E-state index is 11.0. The largest absolute Gasteiger partial charge is 0.300 e. The van der Waals surface area contributed by atoms with E-state index < -0.39 is 10.8 Å². The predicted octanol–water partition coefficient (Wildman–Crippen LogP) is 2.68. The molecule has 1 aromatic rings. The second-order valence-corrected chi connectivity index (χ2v) is 4.11. The average molecular weight is 242 g/mol. The van der Waals surface area contributed by atoms with E-state index in [1.54, 1.807) is 24.3 Å². The molecule has 1 rings (SSSR count). The van der Waals surface area contributed by atoms with Crippen LogP contribution in [0.25, 0.3) is 0 Å². The number of hydrogen-bond acceptors (Lipinski definition) is 3. The van der Waals surface area contributed by atoms with Gasteiger partial charge in [0.2, 0.25) is 6.54 Å². The van der Waals surface area contributed by atoms with E-state index in [2.05, 4.69) is 0 Å². The summed E-state index contributed by atoms with van der Waals surface area (Å²) in [5, 5.41) is 11.0. The Hall–Kier alpha value is -1.42. The zero-order valence-corrected chi connectivity index (χ0v) is 9.61. The van der Waals surface area contributed by atoms with Crippen LogP contribution in [-0.4, -0.2) is 17.3 Å². The van der Waals surface area contributed by atoms with Gasteiger partial charge in [0.1, 0.15) is 5.78 Å². The number of nitro groups is 1. The number of ketones is 1. The van der Waals surface area contributed by atoms with Gasteiger partial charge in [-0.25, -0.2) is 0 Å². The van der Waals surface area contributed by atoms with Crippen molar-refractivity contribution in [3.8, 4) is 0 Å². The zero-order valence-electron chi connectivity index (χ0n) is 8.85. The topological polar surface area (TPSA) is 60.2 Å². The summed E-state index contributed by atoms with van der Waals surface area (Å²) in [4.78, 5) is 21.1. The van der Waals surface area contributed by atoms with Crippen LogP contribution in [0.2, 0.25) is 5.02 Å². The highest BCUT2D eigenvalue weighted by Gasteiger charge is 2.19. The molecule has 0 aliphatic carbocycles. The Labute approximate surface area is 98.4 Å². The molecule has 0 N–H and O–H groups in total. The van der Waals surface area contributed by atoms with Crippen LogP contribution in [0.5, 0.6) is 0 Å². The van der Waals surface area contributed by atoms with Crippen molar-refractivity contribution in [3.63, 3.8) is 0 Å². The van der Waals surface area contributed by atoms with Crippen LogP contribution in [0.15, 0.2) is 24.3 Å². The molecule has 0 radical (unpaired) electrons. The van der Waals surface area contributed by atoms with E-state index in [1.807, 2.05) is 0 Å². The summed E-state index contributed by atoms with van der Waals surface area (Å²) in [6, 6.07) is 6.84. The maximum Gasteiger partial charge on any atom is 0.211 e. The molecule has 0 fully saturated rings. The number of carbonyl (C=O) groups is 1. The van der Waals surface area contributed by atoms with Gasteiger partial charge < -0.3 is 4.79 Å². The van der Waals surface area contributed by atoms with Gasteiger partial charge in [0.05, 0.1) is 5.92 Å². The number of halogens is 1. The summed E-state index contributed by atoms with van der Waals surface area (Å²) in [6.45, 7) is 1.18. The highest BCUT2D eigenvalue weighted by molar-refractivity contribution is 6.30. The fourth-order valence-corrected chi connectivity index (χ4v) is 1.77. The molecule has 0 aliphatic heterocycles. The molecule has 0 saturated carbocycles. The Balaban J connectivity index is 2.90. The van der Waals surface area contributed by atoms with Crippen LogP contribution in [-0.2, 0) is 4.79 Å². The number of benzene rings is 1. The maximum absolute atomic E-state index is 11.0. The predicted molar refractivity (Wildman–Crippen MR) is 61.4 cm³/mol. The Morgan fingerprint density at radius 3 is 2.75 bits per heavy atom. The van der Waals surface area contributed by atoms with Crippen molar-refractivity contribution >= 4 is 17.4 Å². The molecule has 4 nitrogen and oxygen atoms in total. The van der Waals surface area contributed by atoms with Gasteiger partial charge in [0, 0.05) is 16.4 Å². The molecule has 0 aliphatic rings. The van der Waals surface area contributed by atoms with E-state index in [0.717, 1.165) is 5.56 Å². The first-order chi connectivity index (χ1) is 7.49. The minimum Gasteiger partial charge on any atom is -0.300 e. The Morgan fingerprint density at radius 1 is 1.56 bits per heavy atom. The molecular formula is C11H12ClNO3. The Bertz CT molecular complexity index is 390. The van der Waals surface area contributed by atoms with Gasteiger partial charge in [-0.15, -0.1) is 0 Å². The van der Waals surface area contributed by atoms with Crippen LogP contribution in [0.1, 0.15) is 24.8 Å². The fraction of sp³-hybridized carbons (Fsp3) is 0.364. The summed E-state index contributed by atoms with van der Waals surface area (Å²) < 4.78 is 0. The molecule has 0 heterocycles. The van der Waals surface area contributed by atoms with Crippen LogP contribution < -0.4 is 0 Å². The van der Waals surface area contributed by atoms with Gasteiger partial charge in [-0.1, -0.05) is 23.7 Å². The first-order valence-electron chi connectivity index (χ1n) is 4.85. The monoisotopic (exact) mass is 241 g/mol. The number of hydrogen-bond donors (Lipinski definition) is 0. The first-order valence-corrected chi connectivity index (χ1v) is 5.23. The lowest BCUT2D eigenvalue weighted by molar-refractivity contribution is -0.483. The van der Waals surface area contributed by atoms with E-state index in [4.69, 9.17) is 11.6 Å². The summed E-state index contributed by atoms with van der Waals surface area (Å²) >= 11 is 5.81. The van der Waals surface area contributed by atoms with Gasteiger partial charge in [-0.05, 0) is 24.6 Å². The molecule has 0 spiro atoms. The molecule has 0 unspecified atom stereocenters. The summed E-state index contributed by atoms with van der Waals surface area (Å²) in [5.74, 6) is -0.460. The highest BCUT2D eigenvalue weighted by Crippen LogP contribution is 2.23. The lowest BCUT2D eigenvalue weighted by atomic mass is 9.94. The van der Waals surface area contributed by atoms with Crippen molar-refractivity contribution < 1.29 is 9.72 Å². The number of rotatable bonds is 5. The van der Waals surface area contributed by atoms with E-state index in [9.17, 15) is 14.9 Å². The third-order valence-corrected chi connectivity index (χ3v) is 2.46. The van der Waals surface area contributed by atoms with E-state index in [1.165, 1.54) is 6.92 Å². The van der Waals surface area contributed by atoms with Crippen LogP contribution >= 0.6 is 11.6 Å². The minimum absolute atomic E-state index is 0.0631. The summed E-state index contributed by atoms with van der Waals surface area (Å²) in [6.07, 6.45) is 0.168.